The van der Waals surface area contributed by atoms with Gasteiger partial charge in [-0.3, -0.25) is 4.79 Å². The number of fused-ring (bicyclic) bond motifs is 2. The third-order valence-electron chi connectivity index (χ3n) is 7.39. The quantitative estimate of drug-likeness (QED) is 0.446. The molecule has 3 aliphatic rings. The van der Waals surface area contributed by atoms with Gasteiger partial charge in [-0.15, -0.1) is 8.78 Å². The van der Waals surface area contributed by atoms with Gasteiger partial charge in [0.1, 0.15) is 11.9 Å². The summed E-state index contributed by atoms with van der Waals surface area (Å²) in [6, 6.07) is 17.0. The number of amides is 1. The molecular formula is C29H25F2NO6. The van der Waals surface area contributed by atoms with Crippen LogP contribution < -0.4 is 19.5 Å². The predicted molar refractivity (Wildman–Crippen MR) is 131 cm³/mol. The van der Waals surface area contributed by atoms with Crippen molar-refractivity contribution in [1.82, 2.24) is 5.32 Å². The summed E-state index contributed by atoms with van der Waals surface area (Å²) in [6.45, 7) is 1.96. The van der Waals surface area contributed by atoms with Crippen molar-refractivity contribution < 1.29 is 37.3 Å². The Morgan fingerprint density at radius 2 is 1.76 bits per heavy atom. The highest BCUT2D eigenvalue weighted by molar-refractivity contribution is 5.92. The van der Waals surface area contributed by atoms with Crippen LogP contribution in [0, 0.1) is 6.92 Å². The van der Waals surface area contributed by atoms with Crippen LogP contribution in [0.2, 0.25) is 0 Å². The number of benzene rings is 3. The molecule has 3 aromatic carbocycles. The van der Waals surface area contributed by atoms with Crippen molar-refractivity contribution in [2.75, 3.05) is 7.11 Å². The van der Waals surface area contributed by atoms with Gasteiger partial charge >= 0.3 is 12.3 Å². The van der Waals surface area contributed by atoms with Crippen molar-refractivity contribution in [3.05, 3.63) is 88.5 Å². The first kappa shape index (κ1) is 24.2. The molecule has 2 heterocycles. The SMILES string of the molecule is COC(=O)c1cccc([C@H]2C[C@@H](NC(=O)C3(c4ccc5c(c4)OC(F)(F)O5)CC3)c3ccc(C)cc3O2)c1. The summed E-state index contributed by atoms with van der Waals surface area (Å²) in [6.07, 6.45) is -2.52. The van der Waals surface area contributed by atoms with Crippen LogP contribution in [0.5, 0.6) is 17.2 Å². The Kier molecular flexibility index (Phi) is 5.55. The van der Waals surface area contributed by atoms with Crippen LogP contribution in [-0.4, -0.2) is 25.3 Å². The zero-order chi connectivity index (χ0) is 26.7. The molecule has 1 N–H and O–H groups in total. The predicted octanol–water partition coefficient (Wildman–Crippen LogP) is 5.52. The Morgan fingerprint density at radius 1 is 0.974 bits per heavy atom. The lowest BCUT2D eigenvalue weighted by Crippen LogP contribution is -2.39. The zero-order valence-electron chi connectivity index (χ0n) is 20.8. The van der Waals surface area contributed by atoms with Gasteiger partial charge in [0.2, 0.25) is 5.91 Å². The number of hydrogen-bond donors (Lipinski definition) is 1. The van der Waals surface area contributed by atoms with Crippen LogP contribution in [0.4, 0.5) is 8.78 Å². The topological polar surface area (TPSA) is 83.1 Å². The fraction of sp³-hybridized carbons (Fsp3) is 0.310. The molecule has 1 saturated carbocycles. The van der Waals surface area contributed by atoms with Gasteiger partial charge in [-0.1, -0.05) is 30.3 Å². The van der Waals surface area contributed by atoms with Gasteiger partial charge in [0.25, 0.3) is 0 Å². The van der Waals surface area contributed by atoms with E-state index in [1.165, 1.54) is 19.2 Å². The lowest BCUT2D eigenvalue weighted by molar-refractivity contribution is -0.286. The molecule has 7 nitrogen and oxygen atoms in total. The summed E-state index contributed by atoms with van der Waals surface area (Å²) in [5.41, 5.74) is 2.83. The number of nitrogens with one attached hydrogen (secondary N) is 1. The first-order chi connectivity index (χ1) is 18.2. The molecule has 0 spiro atoms. The van der Waals surface area contributed by atoms with Crippen LogP contribution in [0.15, 0.2) is 60.7 Å². The molecule has 2 atom stereocenters. The number of carbonyl (C=O) groups excluding carboxylic acids is 2. The Hall–Kier alpha value is -4.14. The number of esters is 1. The van der Waals surface area contributed by atoms with E-state index in [4.69, 9.17) is 9.47 Å². The first-order valence-corrected chi connectivity index (χ1v) is 12.3. The molecule has 0 saturated heterocycles. The maximum Gasteiger partial charge on any atom is 0.586 e. The Morgan fingerprint density at radius 3 is 2.53 bits per heavy atom. The molecule has 6 rings (SSSR count). The van der Waals surface area contributed by atoms with Crippen LogP contribution in [0.25, 0.3) is 0 Å². The van der Waals surface area contributed by atoms with Crippen molar-refractivity contribution in [2.45, 2.75) is 50.0 Å². The normalized spacial score (nSPS) is 21.6. The van der Waals surface area contributed by atoms with Crippen molar-refractivity contribution in [3.8, 4) is 17.2 Å². The van der Waals surface area contributed by atoms with E-state index in [-0.39, 0.29) is 23.4 Å². The van der Waals surface area contributed by atoms with Crippen LogP contribution >= 0.6 is 0 Å². The third-order valence-corrected chi connectivity index (χ3v) is 7.39. The minimum Gasteiger partial charge on any atom is -0.485 e. The number of rotatable bonds is 5. The standard InChI is InChI=1S/C29H25F2NO6/c1-16-6-8-20-21(15-23(36-24(20)12-16)17-4-3-5-18(13-17)26(33)35-2)32-27(34)28(10-11-28)19-7-9-22-25(14-19)38-29(30,31)37-22/h3-9,12-14,21,23H,10-11,15H2,1-2H3,(H,32,34)/t21-,23-/m1/s1. The van der Waals surface area contributed by atoms with Gasteiger partial charge in [0.15, 0.2) is 11.5 Å². The lowest BCUT2D eigenvalue weighted by Gasteiger charge is -2.34. The minimum atomic E-state index is -3.72. The molecule has 9 heteroatoms. The Labute approximate surface area is 217 Å². The van der Waals surface area contributed by atoms with Gasteiger partial charge in [-0.2, -0.15) is 0 Å². The van der Waals surface area contributed by atoms with Gasteiger partial charge < -0.3 is 24.3 Å². The van der Waals surface area contributed by atoms with E-state index in [1.54, 1.807) is 24.3 Å². The second-order valence-electron chi connectivity index (χ2n) is 9.94. The number of alkyl halides is 2. The Balaban J connectivity index is 1.28. The average Bonchev–Trinajstić information content (AvgIpc) is 3.65. The first-order valence-electron chi connectivity index (χ1n) is 12.3. The van der Waals surface area contributed by atoms with Gasteiger partial charge in [0.05, 0.1) is 24.1 Å². The summed E-state index contributed by atoms with van der Waals surface area (Å²) in [5, 5.41) is 3.20. The molecule has 0 aromatic heterocycles. The largest absolute Gasteiger partial charge is 0.586 e. The number of methoxy groups -OCH3 is 1. The highest BCUT2D eigenvalue weighted by atomic mass is 19.3. The number of halogens is 2. The van der Waals surface area contributed by atoms with E-state index >= 15 is 0 Å². The maximum absolute atomic E-state index is 13.7. The molecule has 196 valence electrons. The van der Waals surface area contributed by atoms with Crippen LogP contribution in [-0.2, 0) is 14.9 Å². The molecule has 2 aliphatic heterocycles. The van der Waals surface area contributed by atoms with E-state index in [2.05, 4.69) is 14.8 Å². The molecule has 38 heavy (non-hydrogen) atoms. The molecule has 0 unspecified atom stereocenters. The van der Waals surface area contributed by atoms with Gasteiger partial charge in [0, 0.05) is 12.0 Å². The highest BCUT2D eigenvalue weighted by Gasteiger charge is 2.53. The van der Waals surface area contributed by atoms with E-state index in [9.17, 15) is 18.4 Å². The summed E-state index contributed by atoms with van der Waals surface area (Å²) in [4.78, 5) is 25.8. The van der Waals surface area contributed by atoms with E-state index in [0.29, 0.717) is 36.1 Å². The maximum atomic E-state index is 13.7. The molecule has 3 aromatic rings. The molecule has 1 fully saturated rings. The Bertz CT molecular complexity index is 1450. The van der Waals surface area contributed by atoms with E-state index in [1.807, 2.05) is 31.2 Å². The van der Waals surface area contributed by atoms with Gasteiger partial charge in [-0.05, 0) is 66.8 Å². The van der Waals surface area contributed by atoms with Crippen LogP contribution in [0.1, 0.15) is 64.0 Å². The summed E-state index contributed by atoms with van der Waals surface area (Å²) in [5.74, 6) is -0.112. The van der Waals surface area contributed by atoms with E-state index < -0.39 is 23.8 Å². The lowest BCUT2D eigenvalue weighted by atomic mass is 9.89. The van der Waals surface area contributed by atoms with Crippen molar-refractivity contribution >= 4 is 11.9 Å². The summed E-state index contributed by atoms with van der Waals surface area (Å²) >= 11 is 0. The highest BCUT2D eigenvalue weighted by Crippen LogP contribution is 2.52. The van der Waals surface area contributed by atoms with Crippen LogP contribution in [0.3, 0.4) is 0 Å². The summed E-state index contributed by atoms with van der Waals surface area (Å²) in [7, 11) is 1.33. The minimum absolute atomic E-state index is 0.0549. The molecular weight excluding hydrogens is 496 g/mol. The van der Waals surface area contributed by atoms with Crippen molar-refractivity contribution in [3.63, 3.8) is 0 Å². The van der Waals surface area contributed by atoms with Crippen molar-refractivity contribution in [1.29, 1.82) is 0 Å². The number of carbonyl (C=O) groups is 2. The zero-order valence-corrected chi connectivity index (χ0v) is 20.8. The molecule has 0 bridgehead atoms. The molecule has 1 aliphatic carbocycles. The second kappa shape index (κ2) is 8.72. The summed E-state index contributed by atoms with van der Waals surface area (Å²) < 4.78 is 47.3. The number of ether oxygens (including phenoxy) is 4. The monoisotopic (exact) mass is 521 g/mol. The average molecular weight is 522 g/mol. The smallest absolute Gasteiger partial charge is 0.485 e. The third kappa shape index (κ3) is 4.21. The fourth-order valence-electron chi connectivity index (χ4n) is 5.21. The fourth-order valence-corrected chi connectivity index (χ4v) is 5.21. The molecule has 1 amide bonds. The number of aryl methyl sites for hydroxylation is 1. The number of hydrogen-bond acceptors (Lipinski definition) is 6. The second-order valence-corrected chi connectivity index (χ2v) is 9.94. The van der Waals surface area contributed by atoms with E-state index in [0.717, 1.165) is 16.7 Å². The van der Waals surface area contributed by atoms with Crippen molar-refractivity contribution in [2.24, 2.45) is 0 Å². The van der Waals surface area contributed by atoms with Gasteiger partial charge in [-0.25, -0.2) is 4.79 Å². The molecule has 0 radical (unpaired) electrons.